The Morgan fingerprint density at radius 2 is 2.07 bits per heavy atom. The molecule has 0 unspecified atom stereocenters. The fraction of sp³-hybridized carbons (Fsp3) is 0.350. The number of fused-ring (bicyclic) bond motifs is 2. The Balaban J connectivity index is 1.46. The quantitative estimate of drug-likeness (QED) is 0.638. The van der Waals surface area contributed by atoms with Crippen molar-refractivity contribution in [2.24, 2.45) is 0 Å². The first-order valence-corrected chi connectivity index (χ1v) is 9.50. The van der Waals surface area contributed by atoms with Gasteiger partial charge in [-0.1, -0.05) is 30.3 Å². The highest BCUT2D eigenvalue weighted by atomic mass is 16.5. The maximum atomic E-state index is 13.1. The molecule has 5 rings (SSSR count). The molecule has 0 aliphatic carbocycles. The minimum absolute atomic E-state index is 0.00825. The fourth-order valence-electron chi connectivity index (χ4n) is 4.37. The Morgan fingerprint density at radius 1 is 1.24 bits per heavy atom. The van der Waals surface area contributed by atoms with E-state index in [1.807, 2.05) is 37.4 Å². The molecule has 2 amide bonds. The average molecular weight is 392 g/mol. The normalized spacial score (nSPS) is 24.6. The van der Waals surface area contributed by atoms with Crippen molar-refractivity contribution in [2.75, 3.05) is 26.7 Å². The van der Waals surface area contributed by atoms with Gasteiger partial charge in [-0.15, -0.1) is 5.10 Å². The van der Waals surface area contributed by atoms with Crippen molar-refractivity contribution < 1.29 is 14.3 Å². The van der Waals surface area contributed by atoms with E-state index in [-0.39, 0.29) is 30.3 Å². The molecule has 2 atom stereocenters. The highest BCUT2D eigenvalue weighted by molar-refractivity contribution is 5.91. The van der Waals surface area contributed by atoms with Crippen molar-refractivity contribution in [2.45, 2.75) is 18.1 Å². The monoisotopic (exact) mass is 392 g/mol. The molecule has 9 heteroatoms. The third kappa shape index (κ3) is 2.69. The number of amides is 2. The number of piperidine rings is 1. The zero-order valence-corrected chi connectivity index (χ0v) is 15.9. The molecular formula is C20H20N6O3. The summed E-state index contributed by atoms with van der Waals surface area (Å²) in [5, 5.41) is 4.24. The summed E-state index contributed by atoms with van der Waals surface area (Å²) in [7, 11) is 1.82. The van der Waals surface area contributed by atoms with E-state index in [9.17, 15) is 9.59 Å². The summed E-state index contributed by atoms with van der Waals surface area (Å²) in [5.74, 6) is 0.167. The van der Waals surface area contributed by atoms with E-state index in [2.05, 4.69) is 15.1 Å². The van der Waals surface area contributed by atoms with Gasteiger partial charge in [0.05, 0.1) is 5.54 Å². The number of carbonyl (C=O) groups is 2. The lowest BCUT2D eigenvalue weighted by molar-refractivity contribution is -0.180. The summed E-state index contributed by atoms with van der Waals surface area (Å²) in [4.78, 5) is 37.3. The maximum absolute atomic E-state index is 13.1. The van der Waals surface area contributed by atoms with Crippen LogP contribution in [0, 0.1) is 0 Å². The Hall–Kier alpha value is -3.33. The molecule has 9 nitrogen and oxygen atoms in total. The summed E-state index contributed by atoms with van der Waals surface area (Å²) in [6.07, 6.45) is 3.55. The van der Waals surface area contributed by atoms with E-state index in [1.165, 1.54) is 4.52 Å². The van der Waals surface area contributed by atoms with Crippen molar-refractivity contribution in [3.63, 3.8) is 0 Å². The summed E-state index contributed by atoms with van der Waals surface area (Å²) in [6, 6.07) is 11.6. The third-order valence-corrected chi connectivity index (χ3v) is 5.93. The van der Waals surface area contributed by atoms with Crippen LogP contribution in [-0.2, 0) is 15.1 Å². The lowest BCUT2D eigenvalue weighted by Gasteiger charge is -2.54. The number of benzene rings is 1. The van der Waals surface area contributed by atoms with Gasteiger partial charge in [-0.25, -0.2) is 9.50 Å². The van der Waals surface area contributed by atoms with E-state index in [4.69, 9.17) is 4.74 Å². The number of hydrogen-bond acceptors (Lipinski definition) is 6. The van der Waals surface area contributed by atoms with E-state index in [1.54, 1.807) is 28.3 Å². The number of likely N-dealkylation sites (N-methyl/N-ethyl adjacent to an activating group) is 1. The van der Waals surface area contributed by atoms with Gasteiger partial charge in [-0.2, -0.15) is 4.98 Å². The summed E-state index contributed by atoms with van der Waals surface area (Å²) in [5.41, 5.74) is 0.420. The Morgan fingerprint density at radius 3 is 2.86 bits per heavy atom. The lowest BCUT2D eigenvalue weighted by atomic mass is 9.76. The number of rotatable bonds is 2. The number of carbonyl (C=O) groups excluding carboxylic acids is 2. The molecule has 0 bridgehead atoms. The molecule has 0 saturated carbocycles. The molecule has 0 N–H and O–H groups in total. The fourth-order valence-corrected chi connectivity index (χ4v) is 4.37. The standard InChI is InChI=1S/C20H20N6O3/c1-24-16(27)13-29-15-12-25(11-8-20(15,24)14-6-3-2-4-7-14)18(28)17-22-19-21-9-5-10-26(19)23-17/h2-7,9-10,15H,8,11-13H2,1H3/t15-,20+/m1/s1. The predicted molar refractivity (Wildman–Crippen MR) is 102 cm³/mol. The number of aromatic nitrogens is 4. The first kappa shape index (κ1) is 17.7. The highest BCUT2D eigenvalue weighted by Gasteiger charge is 2.53. The van der Waals surface area contributed by atoms with Gasteiger partial charge in [-0.05, 0) is 18.1 Å². The van der Waals surface area contributed by atoms with Crippen molar-refractivity contribution in [1.82, 2.24) is 29.4 Å². The van der Waals surface area contributed by atoms with E-state index in [0.29, 0.717) is 25.3 Å². The minimum atomic E-state index is -0.596. The molecule has 3 aromatic rings. The average Bonchev–Trinajstić information content (AvgIpc) is 3.20. The van der Waals surface area contributed by atoms with Crippen LogP contribution in [0.2, 0.25) is 0 Å². The molecule has 29 heavy (non-hydrogen) atoms. The van der Waals surface area contributed by atoms with Crippen LogP contribution >= 0.6 is 0 Å². The number of hydrogen-bond donors (Lipinski definition) is 0. The highest BCUT2D eigenvalue weighted by Crippen LogP contribution is 2.42. The third-order valence-electron chi connectivity index (χ3n) is 5.93. The number of ether oxygens (including phenoxy) is 1. The first-order valence-electron chi connectivity index (χ1n) is 9.50. The second kappa shape index (κ2) is 6.63. The first-order chi connectivity index (χ1) is 14.1. The summed E-state index contributed by atoms with van der Waals surface area (Å²) >= 11 is 0. The number of likely N-dealkylation sites (tertiary alicyclic amines) is 1. The van der Waals surface area contributed by atoms with Gasteiger partial charge in [0.2, 0.25) is 11.7 Å². The van der Waals surface area contributed by atoms with Gasteiger partial charge in [0.25, 0.3) is 11.7 Å². The molecule has 4 heterocycles. The van der Waals surface area contributed by atoms with Gasteiger partial charge in [0, 0.05) is 32.5 Å². The van der Waals surface area contributed by atoms with Crippen LogP contribution < -0.4 is 0 Å². The maximum Gasteiger partial charge on any atom is 0.293 e. The number of morpholine rings is 1. The molecule has 1 aromatic carbocycles. The van der Waals surface area contributed by atoms with Crippen LogP contribution in [-0.4, -0.2) is 74.0 Å². The topological polar surface area (TPSA) is 92.9 Å². The van der Waals surface area contributed by atoms with Crippen LogP contribution in [0.1, 0.15) is 22.6 Å². The van der Waals surface area contributed by atoms with Gasteiger partial charge in [-0.3, -0.25) is 9.59 Å². The van der Waals surface area contributed by atoms with Crippen molar-refractivity contribution >= 4 is 17.6 Å². The molecule has 148 valence electrons. The van der Waals surface area contributed by atoms with Gasteiger partial charge in [0.1, 0.15) is 12.7 Å². The zero-order valence-electron chi connectivity index (χ0n) is 15.9. The van der Waals surface area contributed by atoms with Crippen LogP contribution in [0.25, 0.3) is 5.78 Å². The van der Waals surface area contributed by atoms with Gasteiger partial charge in [0.15, 0.2) is 0 Å². The van der Waals surface area contributed by atoms with Crippen LogP contribution in [0.4, 0.5) is 0 Å². The van der Waals surface area contributed by atoms with E-state index >= 15 is 0 Å². The van der Waals surface area contributed by atoms with Crippen LogP contribution in [0.5, 0.6) is 0 Å². The largest absolute Gasteiger partial charge is 0.364 e. The SMILES string of the molecule is CN1C(=O)CO[C@@H]2CN(C(=O)c3nc4ncccn4n3)CC[C@]21c1ccccc1. The lowest BCUT2D eigenvalue weighted by Crippen LogP contribution is -2.67. The Kier molecular flexibility index (Phi) is 4.06. The van der Waals surface area contributed by atoms with Gasteiger partial charge >= 0.3 is 0 Å². The summed E-state index contributed by atoms with van der Waals surface area (Å²) in [6.45, 7) is 0.830. The molecule has 2 fully saturated rings. The smallest absolute Gasteiger partial charge is 0.293 e. The molecular weight excluding hydrogens is 372 g/mol. The molecule has 2 aromatic heterocycles. The van der Waals surface area contributed by atoms with Crippen molar-refractivity contribution in [3.8, 4) is 0 Å². The van der Waals surface area contributed by atoms with Crippen molar-refractivity contribution in [3.05, 3.63) is 60.2 Å². The van der Waals surface area contributed by atoms with Crippen molar-refractivity contribution in [1.29, 1.82) is 0 Å². The molecule has 0 radical (unpaired) electrons. The number of nitrogens with zero attached hydrogens (tertiary/aromatic N) is 6. The Labute approximate surface area is 166 Å². The van der Waals surface area contributed by atoms with E-state index in [0.717, 1.165) is 5.56 Å². The van der Waals surface area contributed by atoms with Crippen LogP contribution in [0.15, 0.2) is 48.8 Å². The molecule has 2 aliphatic rings. The Bertz CT molecular complexity index is 1050. The van der Waals surface area contributed by atoms with Gasteiger partial charge < -0.3 is 14.5 Å². The summed E-state index contributed by atoms with van der Waals surface area (Å²) < 4.78 is 7.44. The minimum Gasteiger partial charge on any atom is -0.364 e. The molecule has 0 spiro atoms. The molecule has 2 saturated heterocycles. The second-order valence-corrected chi connectivity index (χ2v) is 7.34. The van der Waals surface area contributed by atoms with Crippen LogP contribution in [0.3, 0.4) is 0 Å². The molecule has 2 aliphatic heterocycles. The second-order valence-electron chi connectivity index (χ2n) is 7.34. The predicted octanol–water partition coefficient (Wildman–Crippen LogP) is 0.723. The van der Waals surface area contributed by atoms with E-state index < -0.39 is 5.54 Å². The zero-order chi connectivity index (χ0) is 20.0.